The van der Waals surface area contributed by atoms with Crippen LogP contribution in [0.5, 0.6) is 11.5 Å². The van der Waals surface area contributed by atoms with Crippen molar-refractivity contribution in [2.75, 3.05) is 49.8 Å². The van der Waals surface area contributed by atoms with Crippen LogP contribution in [-0.2, 0) is 4.74 Å². The quantitative estimate of drug-likeness (QED) is 0.364. The topological polar surface area (TPSA) is 106 Å². The molecule has 1 aliphatic carbocycles. The predicted octanol–water partition coefficient (Wildman–Crippen LogP) is 4.79. The molecule has 7 rings (SSSR count). The maximum absolute atomic E-state index is 13.8. The van der Waals surface area contributed by atoms with E-state index in [0.29, 0.717) is 77.8 Å². The lowest BCUT2D eigenvalue weighted by Crippen LogP contribution is -2.49. The minimum absolute atomic E-state index is 0.0942. The first-order valence-corrected chi connectivity index (χ1v) is 12.6. The molecule has 0 saturated carbocycles. The second kappa shape index (κ2) is 8.69. The van der Waals surface area contributed by atoms with E-state index in [9.17, 15) is 9.59 Å². The Morgan fingerprint density at radius 1 is 1.03 bits per heavy atom. The third kappa shape index (κ3) is 3.44. The normalized spacial score (nSPS) is 15.6. The molecule has 3 heterocycles. The number of rotatable bonds is 4. The van der Waals surface area contributed by atoms with Crippen molar-refractivity contribution < 1.29 is 28.3 Å². The van der Waals surface area contributed by atoms with Crippen LogP contribution in [0.15, 0.2) is 53.1 Å². The lowest BCUT2D eigenvalue weighted by molar-refractivity contribution is 0.103. The van der Waals surface area contributed by atoms with E-state index >= 15 is 0 Å². The molecule has 1 amide bonds. The number of benzene rings is 3. The van der Waals surface area contributed by atoms with Crippen molar-refractivity contribution in [2.45, 2.75) is 6.92 Å². The minimum atomic E-state index is -0.307. The van der Waals surface area contributed by atoms with Crippen LogP contribution in [0.2, 0.25) is 0 Å². The number of carbonyl (C=O) groups excluding carboxylic acids is 2. The number of hydrogen-bond donors (Lipinski definition) is 1. The standard InChI is InChI=1S/C28H24N4O6/c1-2-35-28(34)32-11-9-31(10-12-32)20-14-19(29-16-7-8-21-22(13-16)37-15-36-21)23-24-25(20)30-38-27(24)18-6-4-3-5-17(18)26(23)33/h3-8,13-14,29H,2,9-12,15H2,1H3. The maximum atomic E-state index is 13.8. The SMILES string of the molecule is CCOC(=O)N1CCN(c2cc(Nc3ccc4c(c3)OCO4)c3c4c(onc24)-c2ccccc2C3=O)CC1. The van der Waals surface area contributed by atoms with Gasteiger partial charge in [0.1, 0.15) is 5.52 Å². The van der Waals surface area contributed by atoms with Gasteiger partial charge in [0.05, 0.1) is 28.9 Å². The number of aromatic nitrogens is 1. The smallest absolute Gasteiger partial charge is 0.409 e. The average molecular weight is 513 g/mol. The van der Waals surface area contributed by atoms with Gasteiger partial charge < -0.3 is 33.9 Å². The Bertz CT molecular complexity index is 1600. The van der Waals surface area contributed by atoms with Gasteiger partial charge in [-0.1, -0.05) is 29.4 Å². The van der Waals surface area contributed by atoms with Crippen LogP contribution in [-0.4, -0.2) is 61.5 Å². The van der Waals surface area contributed by atoms with Crippen molar-refractivity contribution in [3.05, 3.63) is 59.7 Å². The fourth-order valence-electron chi connectivity index (χ4n) is 5.36. The van der Waals surface area contributed by atoms with Crippen molar-refractivity contribution in [2.24, 2.45) is 0 Å². The Morgan fingerprint density at radius 3 is 2.63 bits per heavy atom. The molecule has 3 aromatic carbocycles. The number of ketones is 1. The molecule has 10 nitrogen and oxygen atoms in total. The van der Waals surface area contributed by atoms with Gasteiger partial charge in [-0.2, -0.15) is 0 Å². The number of amides is 1. The molecular weight excluding hydrogens is 488 g/mol. The average Bonchev–Trinajstić information content (AvgIpc) is 3.60. The summed E-state index contributed by atoms with van der Waals surface area (Å²) in [6.45, 7) is 4.52. The first kappa shape index (κ1) is 22.5. The van der Waals surface area contributed by atoms with Crippen LogP contribution >= 0.6 is 0 Å². The molecule has 38 heavy (non-hydrogen) atoms. The molecule has 0 bridgehead atoms. The number of nitrogens with zero attached hydrogens (tertiary/aromatic N) is 3. The van der Waals surface area contributed by atoms with Crippen molar-refractivity contribution in [1.29, 1.82) is 0 Å². The summed E-state index contributed by atoms with van der Waals surface area (Å²) in [5, 5.41) is 8.57. The van der Waals surface area contributed by atoms with Crippen molar-refractivity contribution in [3.8, 4) is 22.8 Å². The molecule has 2 aliphatic heterocycles. The summed E-state index contributed by atoms with van der Waals surface area (Å²) < 4.78 is 22.0. The molecule has 1 aromatic heterocycles. The van der Waals surface area contributed by atoms with E-state index in [1.54, 1.807) is 11.8 Å². The maximum Gasteiger partial charge on any atom is 0.409 e. The Morgan fingerprint density at radius 2 is 1.82 bits per heavy atom. The van der Waals surface area contributed by atoms with Gasteiger partial charge >= 0.3 is 6.09 Å². The molecule has 0 spiro atoms. The highest BCUT2D eigenvalue weighted by Gasteiger charge is 2.34. The van der Waals surface area contributed by atoms with Gasteiger partial charge in [0.2, 0.25) is 6.79 Å². The van der Waals surface area contributed by atoms with E-state index in [2.05, 4.69) is 15.4 Å². The number of ether oxygens (including phenoxy) is 3. The van der Waals surface area contributed by atoms with Gasteiger partial charge in [0.25, 0.3) is 0 Å². The zero-order chi connectivity index (χ0) is 25.8. The molecule has 192 valence electrons. The van der Waals surface area contributed by atoms with Crippen LogP contribution in [0.3, 0.4) is 0 Å². The summed E-state index contributed by atoms with van der Waals surface area (Å²) >= 11 is 0. The lowest BCUT2D eigenvalue weighted by atomic mass is 9.86. The molecule has 0 unspecified atom stereocenters. The van der Waals surface area contributed by atoms with E-state index in [4.69, 9.17) is 18.7 Å². The fourth-order valence-corrected chi connectivity index (χ4v) is 5.36. The Labute approximate surface area is 217 Å². The fraction of sp³-hybridized carbons (Fsp3) is 0.250. The summed E-state index contributed by atoms with van der Waals surface area (Å²) in [6, 6.07) is 14.9. The number of fused-ring (bicyclic) bond motifs is 3. The van der Waals surface area contributed by atoms with Gasteiger partial charge in [-0.3, -0.25) is 4.79 Å². The molecule has 1 N–H and O–H groups in total. The number of hydrogen-bond acceptors (Lipinski definition) is 9. The highest BCUT2D eigenvalue weighted by molar-refractivity contribution is 6.28. The van der Waals surface area contributed by atoms with Crippen LogP contribution in [0.25, 0.3) is 22.2 Å². The highest BCUT2D eigenvalue weighted by Crippen LogP contribution is 2.47. The zero-order valence-electron chi connectivity index (χ0n) is 20.7. The first-order valence-electron chi connectivity index (χ1n) is 12.6. The summed E-state index contributed by atoms with van der Waals surface area (Å²) in [4.78, 5) is 29.9. The lowest BCUT2D eigenvalue weighted by Gasteiger charge is -2.36. The highest BCUT2D eigenvalue weighted by atomic mass is 16.7. The van der Waals surface area contributed by atoms with Crippen LogP contribution in [0.4, 0.5) is 21.9 Å². The van der Waals surface area contributed by atoms with Gasteiger partial charge in [0, 0.05) is 49.1 Å². The molecule has 4 aromatic rings. The van der Waals surface area contributed by atoms with Crippen molar-refractivity contribution in [1.82, 2.24) is 10.1 Å². The summed E-state index contributed by atoms with van der Waals surface area (Å²) in [5.41, 5.74) is 4.67. The van der Waals surface area contributed by atoms with Crippen molar-refractivity contribution >= 4 is 39.8 Å². The van der Waals surface area contributed by atoms with E-state index in [1.807, 2.05) is 48.5 Å². The number of anilines is 3. The molecule has 0 atom stereocenters. The third-order valence-electron chi connectivity index (χ3n) is 7.18. The van der Waals surface area contributed by atoms with Crippen LogP contribution in [0, 0.1) is 0 Å². The Hall–Kier alpha value is -4.73. The van der Waals surface area contributed by atoms with Gasteiger partial charge in [-0.25, -0.2) is 4.79 Å². The molecule has 0 radical (unpaired) electrons. The van der Waals surface area contributed by atoms with Gasteiger partial charge in [-0.15, -0.1) is 0 Å². The largest absolute Gasteiger partial charge is 0.454 e. The monoisotopic (exact) mass is 512 g/mol. The van der Waals surface area contributed by atoms with Gasteiger partial charge in [0.15, 0.2) is 23.0 Å². The Kier molecular flexibility index (Phi) is 5.14. The van der Waals surface area contributed by atoms with Crippen LogP contribution < -0.4 is 19.7 Å². The predicted molar refractivity (Wildman–Crippen MR) is 140 cm³/mol. The van der Waals surface area contributed by atoms with E-state index < -0.39 is 0 Å². The second-order valence-corrected chi connectivity index (χ2v) is 9.29. The van der Waals surface area contributed by atoms with E-state index in [0.717, 1.165) is 16.9 Å². The minimum Gasteiger partial charge on any atom is -0.454 e. The molecular formula is C28H24N4O6. The summed E-state index contributed by atoms with van der Waals surface area (Å²) in [6.07, 6.45) is -0.307. The summed E-state index contributed by atoms with van der Waals surface area (Å²) in [5.74, 6) is 1.80. The number of nitrogens with one attached hydrogen (secondary N) is 1. The first-order chi connectivity index (χ1) is 18.6. The number of carbonyl (C=O) groups is 2. The second-order valence-electron chi connectivity index (χ2n) is 9.29. The van der Waals surface area contributed by atoms with Gasteiger partial charge in [-0.05, 0) is 25.1 Å². The molecule has 1 fully saturated rings. The van der Waals surface area contributed by atoms with Crippen molar-refractivity contribution in [3.63, 3.8) is 0 Å². The summed E-state index contributed by atoms with van der Waals surface area (Å²) in [7, 11) is 0. The van der Waals surface area contributed by atoms with E-state index in [-0.39, 0.29) is 18.7 Å². The van der Waals surface area contributed by atoms with Crippen LogP contribution in [0.1, 0.15) is 22.8 Å². The Balaban J connectivity index is 1.34. The third-order valence-corrected chi connectivity index (χ3v) is 7.18. The molecule has 1 saturated heterocycles. The van der Waals surface area contributed by atoms with E-state index in [1.165, 1.54) is 0 Å². The molecule has 10 heteroatoms. The molecule has 3 aliphatic rings. The number of piperazine rings is 1. The zero-order valence-corrected chi connectivity index (χ0v) is 20.7.